The van der Waals surface area contributed by atoms with Gasteiger partial charge in [-0.3, -0.25) is 4.40 Å². The second-order valence-electron chi connectivity index (χ2n) is 6.97. The van der Waals surface area contributed by atoms with Crippen LogP contribution >= 0.6 is 0 Å². The number of rotatable bonds is 4. The Balaban J connectivity index is 1.73. The van der Waals surface area contributed by atoms with E-state index in [4.69, 9.17) is 0 Å². The summed E-state index contributed by atoms with van der Waals surface area (Å²) in [4.78, 5) is 2.19. The molecule has 0 aliphatic rings. The molecule has 4 rings (SSSR count). The van der Waals surface area contributed by atoms with E-state index < -0.39 is 0 Å². The van der Waals surface area contributed by atoms with Crippen molar-refractivity contribution in [2.75, 3.05) is 14.1 Å². The number of nitrogens with zero attached hydrogens (tertiary/aromatic N) is 5. The SMILES string of the molecule is Cc1cc2c(ccc3nnc(C)n32)n1Cc1ccc(CN(C)C)cc1. The largest absolute Gasteiger partial charge is 0.339 e. The second kappa shape index (κ2) is 6.01. The van der Waals surface area contributed by atoms with E-state index in [1.165, 1.54) is 27.9 Å². The van der Waals surface area contributed by atoms with Crippen LogP contribution in [0.4, 0.5) is 0 Å². The van der Waals surface area contributed by atoms with E-state index in [1.807, 2.05) is 13.0 Å². The van der Waals surface area contributed by atoms with Crippen molar-refractivity contribution in [3.05, 3.63) is 65.1 Å². The van der Waals surface area contributed by atoms with Crippen molar-refractivity contribution >= 4 is 16.7 Å². The lowest BCUT2D eigenvalue weighted by Crippen LogP contribution is -2.10. The van der Waals surface area contributed by atoms with Crippen LogP contribution in [0.2, 0.25) is 0 Å². The molecule has 0 unspecified atom stereocenters. The third kappa shape index (κ3) is 2.81. The van der Waals surface area contributed by atoms with Crippen molar-refractivity contribution in [1.29, 1.82) is 0 Å². The molecule has 0 saturated heterocycles. The maximum absolute atomic E-state index is 4.22. The van der Waals surface area contributed by atoms with Crippen molar-refractivity contribution in [2.45, 2.75) is 26.9 Å². The van der Waals surface area contributed by atoms with Crippen LogP contribution < -0.4 is 0 Å². The smallest absolute Gasteiger partial charge is 0.161 e. The normalized spacial score (nSPS) is 11.9. The molecule has 25 heavy (non-hydrogen) atoms. The number of hydrogen-bond donors (Lipinski definition) is 0. The minimum atomic E-state index is 0.865. The highest BCUT2D eigenvalue weighted by Crippen LogP contribution is 2.23. The van der Waals surface area contributed by atoms with Gasteiger partial charge >= 0.3 is 0 Å². The van der Waals surface area contributed by atoms with Crippen molar-refractivity contribution in [3.8, 4) is 0 Å². The Morgan fingerprint density at radius 1 is 0.880 bits per heavy atom. The van der Waals surface area contributed by atoms with Crippen molar-refractivity contribution < 1.29 is 0 Å². The average molecular weight is 333 g/mol. The van der Waals surface area contributed by atoms with Gasteiger partial charge in [-0.2, -0.15) is 0 Å². The first kappa shape index (κ1) is 15.8. The number of pyridine rings is 1. The Kier molecular flexibility index (Phi) is 3.81. The first-order valence-corrected chi connectivity index (χ1v) is 8.56. The number of aromatic nitrogens is 4. The van der Waals surface area contributed by atoms with Crippen LogP contribution in [-0.2, 0) is 13.1 Å². The van der Waals surface area contributed by atoms with Gasteiger partial charge in [-0.25, -0.2) is 0 Å². The van der Waals surface area contributed by atoms with Gasteiger partial charge in [0, 0.05) is 18.8 Å². The molecule has 0 atom stereocenters. The van der Waals surface area contributed by atoms with Gasteiger partial charge in [0.2, 0.25) is 0 Å². The zero-order valence-electron chi connectivity index (χ0n) is 15.2. The summed E-state index contributed by atoms with van der Waals surface area (Å²) in [6.45, 7) is 5.99. The number of fused-ring (bicyclic) bond motifs is 3. The molecule has 0 aliphatic carbocycles. The molecule has 0 radical (unpaired) electrons. The molecule has 0 amide bonds. The van der Waals surface area contributed by atoms with E-state index in [-0.39, 0.29) is 0 Å². The quantitative estimate of drug-likeness (QED) is 0.574. The van der Waals surface area contributed by atoms with Gasteiger partial charge in [-0.15, -0.1) is 10.2 Å². The fraction of sp³-hybridized carbons (Fsp3) is 0.300. The summed E-state index contributed by atoms with van der Waals surface area (Å²) in [7, 11) is 4.19. The molecule has 1 aromatic carbocycles. The van der Waals surface area contributed by atoms with Crippen LogP contribution in [0, 0.1) is 13.8 Å². The fourth-order valence-corrected chi connectivity index (χ4v) is 3.48. The molecule has 0 spiro atoms. The van der Waals surface area contributed by atoms with E-state index >= 15 is 0 Å². The molecule has 4 aromatic rings. The van der Waals surface area contributed by atoms with Crippen LogP contribution in [-0.4, -0.2) is 38.2 Å². The Bertz CT molecular complexity index is 1040. The van der Waals surface area contributed by atoms with E-state index in [2.05, 4.69) is 81.5 Å². The van der Waals surface area contributed by atoms with Crippen LogP contribution in [0.3, 0.4) is 0 Å². The highest BCUT2D eigenvalue weighted by molar-refractivity contribution is 5.81. The van der Waals surface area contributed by atoms with E-state index in [0.717, 1.165) is 24.6 Å². The lowest BCUT2D eigenvalue weighted by Gasteiger charge is -2.12. The molecule has 0 aliphatic heterocycles. The van der Waals surface area contributed by atoms with E-state index in [0.29, 0.717) is 0 Å². The molecule has 128 valence electrons. The Hall–Kier alpha value is -2.66. The van der Waals surface area contributed by atoms with Crippen LogP contribution in [0.25, 0.3) is 16.7 Å². The monoisotopic (exact) mass is 333 g/mol. The first-order valence-electron chi connectivity index (χ1n) is 8.56. The van der Waals surface area contributed by atoms with Crippen molar-refractivity contribution in [2.24, 2.45) is 0 Å². The van der Waals surface area contributed by atoms with Gasteiger partial charge in [-0.05, 0) is 57.3 Å². The van der Waals surface area contributed by atoms with Gasteiger partial charge in [0.15, 0.2) is 5.65 Å². The molecule has 0 N–H and O–H groups in total. The molecule has 3 aromatic heterocycles. The van der Waals surface area contributed by atoms with Crippen LogP contribution in [0.15, 0.2) is 42.5 Å². The topological polar surface area (TPSA) is 38.4 Å². The third-order valence-electron chi connectivity index (χ3n) is 4.67. The standard InChI is InChI=1S/C20H23N5/c1-14-11-19-18(9-10-20-22-21-15(2)25(19)20)24(14)13-17-7-5-16(6-8-17)12-23(3)4/h5-11H,12-13H2,1-4H3. The van der Waals surface area contributed by atoms with Crippen molar-refractivity contribution in [1.82, 2.24) is 24.1 Å². The van der Waals surface area contributed by atoms with Gasteiger partial charge < -0.3 is 9.47 Å². The zero-order valence-corrected chi connectivity index (χ0v) is 15.2. The molecular formula is C20H23N5. The number of hydrogen-bond acceptors (Lipinski definition) is 3. The molecule has 0 saturated carbocycles. The summed E-state index contributed by atoms with van der Waals surface area (Å²) >= 11 is 0. The van der Waals surface area contributed by atoms with Gasteiger partial charge in [0.1, 0.15) is 5.82 Å². The summed E-state index contributed by atoms with van der Waals surface area (Å²) in [6, 6.07) is 15.3. The Labute approximate surface area is 147 Å². The lowest BCUT2D eigenvalue weighted by atomic mass is 10.1. The molecule has 0 bridgehead atoms. The Morgan fingerprint density at radius 2 is 1.60 bits per heavy atom. The molecule has 5 heteroatoms. The molecule has 3 heterocycles. The summed E-state index contributed by atoms with van der Waals surface area (Å²) < 4.78 is 4.48. The third-order valence-corrected chi connectivity index (χ3v) is 4.67. The molecular weight excluding hydrogens is 310 g/mol. The summed E-state index contributed by atoms with van der Waals surface area (Å²) in [6.07, 6.45) is 0. The van der Waals surface area contributed by atoms with Gasteiger partial charge in [-0.1, -0.05) is 24.3 Å². The van der Waals surface area contributed by atoms with Crippen LogP contribution in [0.5, 0.6) is 0 Å². The molecule has 0 fully saturated rings. The number of aryl methyl sites for hydroxylation is 2. The fourth-order valence-electron chi connectivity index (χ4n) is 3.48. The first-order chi connectivity index (χ1) is 12.0. The predicted octanol–water partition coefficient (Wildman–Crippen LogP) is 3.41. The maximum Gasteiger partial charge on any atom is 0.161 e. The zero-order chi connectivity index (χ0) is 17.6. The van der Waals surface area contributed by atoms with Gasteiger partial charge in [0.25, 0.3) is 0 Å². The highest BCUT2D eigenvalue weighted by Gasteiger charge is 2.12. The maximum atomic E-state index is 4.22. The lowest BCUT2D eigenvalue weighted by molar-refractivity contribution is 0.402. The highest BCUT2D eigenvalue weighted by atomic mass is 15.2. The average Bonchev–Trinajstić information content (AvgIpc) is 3.10. The predicted molar refractivity (Wildman–Crippen MR) is 101 cm³/mol. The van der Waals surface area contributed by atoms with E-state index in [9.17, 15) is 0 Å². The van der Waals surface area contributed by atoms with Gasteiger partial charge in [0.05, 0.1) is 11.0 Å². The van der Waals surface area contributed by atoms with Crippen LogP contribution in [0.1, 0.15) is 22.6 Å². The Morgan fingerprint density at radius 3 is 2.32 bits per heavy atom. The van der Waals surface area contributed by atoms with E-state index in [1.54, 1.807) is 0 Å². The second-order valence-corrected chi connectivity index (χ2v) is 6.97. The number of benzene rings is 1. The minimum Gasteiger partial charge on any atom is -0.339 e. The summed E-state index contributed by atoms with van der Waals surface area (Å²) in [5.41, 5.74) is 7.17. The minimum absolute atomic E-state index is 0.865. The summed E-state index contributed by atoms with van der Waals surface area (Å²) in [5.74, 6) is 0.922. The summed E-state index contributed by atoms with van der Waals surface area (Å²) in [5, 5.41) is 8.43. The van der Waals surface area contributed by atoms with Crippen molar-refractivity contribution in [3.63, 3.8) is 0 Å². The molecule has 5 nitrogen and oxygen atoms in total.